The van der Waals surface area contributed by atoms with E-state index in [4.69, 9.17) is 0 Å². The molecule has 14 heavy (non-hydrogen) atoms. The monoisotopic (exact) mass is 196 g/mol. The minimum absolute atomic E-state index is 0.895. The van der Waals surface area contributed by atoms with Crippen LogP contribution in [0.25, 0.3) is 0 Å². The predicted molar refractivity (Wildman–Crippen MR) is 64.3 cm³/mol. The molecule has 0 aromatic rings. The Labute approximate surface area is 90.5 Å². The molecule has 0 spiro atoms. The first-order chi connectivity index (χ1) is 6.57. The molecule has 1 aliphatic rings. The maximum Gasteiger partial charge on any atom is -0.0329 e. The summed E-state index contributed by atoms with van der Waals surface area (Å²) < 4.78 is 0. The molecule has 0 amide bonds. The fourth-order valence-corrected chi connectivity index (χ4v) is 3.01. The summed E-state index contributed by atoms with van der Waals surface area (Å²) in [6, 6.07) is 0. The quantitative estimate of drug-likeness (QED) is 0.575. The SMILES string of the molecule is CCC(C)C1C(C)C1CCCC(C)C. The van der Waals surface area contributed by atoms with E-state index in [1.165, 1.54) is 25.7 Å². The Morgan fingerprint density at radius 1 is 1.14 bits per heavy atom. The van der Waals surface area contributed by atoms with Gasteiger partial charge in [0.1, 0.15) is 0 Å². The van der Waals surface area contributed by atoms with Crippen molar-refractivity contribution < 1.29 is 0 Å². The predicted octanol–water partition coefficient (Wildman–Crippen LogP) is 4.74. The van der Waals surface area contributed by atoms with Gasteiger partial charge in [0.15, 0.2) is 0 Å². The van der Waals surface area contributed by atoms with Crippen molar-refractivity contribution in [3.63, 3.8) is 0 Å². The molecule has 0 heteroatoms. The number of hydrogen-bond acceptors (Lipinski definition) is 0. The number of hydrogen-bond donors (Lipinski definition) is 0. The summed E-state index contributed by atoms with van der Waals surface area (Å²) >= 11 is 0. The molecular weight excluding hydrogens is 168 g/mol. The molecule has 0 heterocycles. The molecule has 0 aromatic heterocycles. The van der Waals surface area contributed by atoms with Crippen molar-refractivity contribution in [2.45, 2.75) is 60.3 Å². The van der Waals surface area contributed by atoms with Crippen LogP contribution in [0.4, 0.5) is 0 Å². The van der Waals surface area contributed by atoms with Gasteiger partial charge in [-0.05, 0) is 36.0 Å². The van der Waals surface area contributed by atoms with Crippen LogP contribution in [-0.4, -0.2) is 0 Å². The first-order valence-corrected chi connectivity index (χ1v) is 6.57. The third kappa shape index (κ3) is 3.00. The summed E-state index contributed by atoms with van der Waals surface area (Å²) in [6.45, 7) is 11.9. The minimum Gasteiger partial charge on any atom is -0.0651 e. The van der Waals surface area contributed by atoms with Gasteiger partial charge in [-0.1, -0.05) is 53.9 Å². The van der Waals surface area contributed by atoms with Crippen LogP contribution in [0.1, 0.15) is 60.3 Å². The average molecular weight is 196 g/mol. The molecule has 84 valence electrons. The Hall–Kier alpha value is 0. The molecule has 1 aliphatic carbocycles. The number of rotatable bonds is 6. The van der Waals surface area contributed by atoms with Crippen LogP contribution in [0.3, 0.4) is 0 Å². The fraction of sp³-hybridized carbons (Fsp3) is 1.00. The molecule has 1 rings (SSSR count). The van der Waals surface area contributed by atoms with E-state index in [1.807, 2.05) is 0 Å². The lowest BCUT2D eigenvalue weighted by atomic mass is 9.98. The van der Waals surface area contributed by atoms with Gasteiger partial charge in [0, 0.05) is 0 Å². The zero-order valence-corrected chi connectivity index (χ0v) is 10.7. The van der Waals surface area contributed by atoms with Crippen molar-refractivity contribution in [1.29, 1.82) is 0 Å². The second kappa shape index (κ2) is 5.19. The molecular formula is C14H28. The normalized spacial score (nSPS) is 33.4. The molecule has 1 fully saturated rings. The topological polar surface area (TPSA) is 0 Å². The summed E-state index contributed by atoms with van der Waals surface area (Å²) in [5, 5.41) is 0. The van der Waals surface area contributed by atoms with Gasteiger partial charge in [-0.2, -0.15) is 0 Å². The van der Waals surface area contributed by atoms with Crippen molar-refractivity contribution in [3.05, 3.63) is 0 Å². The molecule has 4 atom stereocenters. The zero-order valence-electron chi connectivity index (χ0n) is 10.7. The maximum atomic E-state index is 2.46. The first kappa shape index (κ1) is 12.1. The van der Waals surface area contributed by atoms with E-state index in [2.05, 4.69) is 34.6 Å². The van der Waals surface area contributed by atoms with Crippen LogP contribution in [0.5, 0.6) is 0 Å². The van der Waals surface area contributed by atoms with E-state index in [0.29, 0.717) is 0 Å². The zero-order chi connectivity index (χ0) is 10.7. The van der Waals surface area contributed by atoms with Crippen LogP contribution >= 0.6 is 0 Å². The van der Waals surface area contributed by atoms with Gasteiger partial charge < -0.3 is 0 Å². The molecule has 0 aromatic carbocycles. The lowest BCUT2D eigenvalue weighted by Crippen LogP contribution is -1.98. The second-order valence-corrected chi connectivity index (χ2v) is 5.81. The molecule has 0 N–H and O–H groups in total. The van der Waals surface area contributed by atoms with Crippen LogP contribution in [0.15, 0.2) is 0 Å². The highest BCUT2D eigenvalue weighted by Crippen LogP contribution is 2.54. The highest BCUT2D eigenvalue weighted by Gasteiger charge is 2.47. The smallest absolute Gasteiger partial charge is 0.0329 e. The van der Waals surface area contributed by atoms with Gasteiger partial charge in [-0.3, -0.25) is 0 Å². The lowest BCUT2D eigenvalue weighted by Gasteiger charge is -2.07. The van der Waals surface area contributed by atoms with E-state index < -0.39 is 0 Å². The summed E-state index contributed by atoms with van der Waals surface area (Å²) in [5.41, 5.74) is 0. The molecule has 0 aliphatic heterocycles. The summed E-state index contributed by atoms with van der Waals surface area (Å²) in [7, 11) is 0. The second-order valence-electron chi connectivity index (χ2n) is 5.81. The van der Waals surface area contributed by atoms with E-state index in [-0.39, 0.29) is 0 Å². The average Bonchev–Trinajstić information content (AvgIpc) is 2.75. The van der Waals surface area contributed by atoms with Gasteiger partial charge in [0.25, 0.3) is 0 Å². The van der Waals surface area contributed by atoms with Crippen LogP contribution in [0.2, 0.25) is 0 Å². The fourth-order valence-electron chi connectivity index (χ4n) is 3.01. The summed E-state index contributed by atoms with van der Waals surface area (Å²) in [6.07, 6.45) is 5.75. The van der Waals surface area contributed by atoms with Gasteiger partial charge >= 0.3 is 0 Å². The third-order valence-electron chi connectivity index (χ3n) is 4.26. The first-order valence-electron chi connectivity index (χ1n) is 6.57. The Balaban J connectivity index is 2.15. The van der Waals surface area contributed by atoms with Gasteiger partial charge in [0.05, 0.1) is 0 Å². The van der Waals surface area contributed by atoms with Crippen LogP contribution in [-0.2, 0) is 0 Å². The Morgan fingerprint density at radius 3 is 2.29 bits per heavy atom. The van der Waals surface area contributed by atoms with Crippen molar-refractivity contribution in [2.24, 2.45) is 29.6 Å². The highest BCUT2D eigenvalue weighted by molar-refractivity contribution is 4.96. The Bertz CT molecular complexity index is 159. The Morgan fingerprint density at radius 2 is 1.79 bits per heavy atom. The van der Waals surface area contributed by atoms with Gasteiger partial charge in [0.2, 0.25) is 0 Å². The van der Waals surface area contributed by atoms with Gasteiger partial charge in [-0.25, -0.2) is 0 Å². The van der Waals surface area contributed by atoms with Crippen LogP contribution < -0.4 is 0 Å². The van der Waals surface area contributed by atoms with E-state index in [9.17, 15) is 0 Å². The molecule has 4 unspecified atom stereocenters. The summed E-state index contributed by atoms with van der Waals surface area (Å²) in [4.78, 5) is 0. The lowest BCUT2D eigenvalue weighted by molar-refractivity contribution is 0.431. The standard InChI is InChI=1S/C14H28/c1-6-11(4)14-12(5)13(14)9-7-8-10(2)3/h10-14H,6-9H2,1-5H3. The van der Waals surface area contributed by atoms with Crippen molar-refractivity contribution in [3.8, 4) is 0 Å². The molecule has 1 saturated carbocycles. The van der Waals surface area contributed by atoms with Crippen LogP contribution in [0, 0.1) is 29.6 Å². The highest BCUT2D eigenvalue weighted by atomic mass is 14.5. The van der Waals surface area contributed by atoms with Crippen molar-refractivity contribution >= 4 is 0 Å². The van der Waals surface area contributed by atoms with E-state index in [1.54, 1.807) is 0 Å². The molecule has 0 saturated heterocycles. The van der Waals surface area contributed by atoms with E-state index in [0.717, 1.165) is 29.6 Å². The summed E-state index contributed by atoms with van der Waals surface area (Å²) in [5.74, 6) is 5.02. The maximum absolute atomic E-state index is 2.46. The van der Waals surface area contributed by atoms with Gasteiger partial charge in [-0.15, -0.1) is 0 Å². The largest absolute Gasteiger partial charge is 0.0651 e. The molecule has 0 nitrogen and oxygen atoms in total. The third-order valence-corrected chi connectivity index (χ3v) is 4.26. The molecule has 0 bridgehead atoms. The van der Waals surface area contributed by atoms with Crippen molar-refractivity contribution in [1.82, 2.24) is 0 Å². The van der Waals surface area contributed by atoms with E-state index >= 15 is 0 Å². The van der Waals surface area contributed by atoms with Crippen molar-refractivity contribution in [2.75, 3.05) is 0 Å². The molecule has 0 radical (unpaired) electrons. The Kier molecular flexibility index (Phi) is 4.47. The minimum atomic E-state index is 0.895.